The fourth-order valence-electron chi connectivity index (χ4n) is 2.15. The Balaban J connectivity index is 3.42. The Morgan fingerprint density at radius 2 is 1.88 bits per heavy atom. The average Bonchev–Trinajstić information content (AvgIpc) is 2.45. The van der Waals surface area contributed by atoms with E-state index >= 15 is 0 Å². The summed E-state index contributed by atoms with van der Waals surface area (Å²) in [4.78, 5) is 22.7. The summed E-state index contributed by atoms with van der Waals surface area (Å²) in [7, 11) is 0. The van der Waals surface area contributed by atoms with Gasteiger partial charge in [-0.1, -0.05) is 13.8 Å². The summed E-state index contributed by atoms with van der Waals surface area (Å²) in [5.74, 6) is -1.15. The summed E-state index contributed by atoms with van der Waals surface area (Å²) in [5, 5.41) is 11.0. The zero-order valence-corrected chi connectivity index (χ0v) is 16.2. The number of rotatable bonds is 7. The highest BCUT2D eigenvalue weighted by Crippen LogP contribution is 2.33. The molecule has 0 radical (unpaired) electrons. The maximum absolute atomic E-state index is 14.5. The third kappa shape index (κ3) is 5.49. The van der Waals surface area contributed by atoms with Crippen LogP contribution in [0.1, 0.15) is 53.5 Å². The molecule has 0 aromatic heterocycles. The fourth-order valence-corrected chi connectivity index (χ4v) is 3.04. The van der Waals surface area contributed by atoms with Crippen LogP contribution in [-0.2, 0) is 21.7 Å². The minimum absolute atomic E-state index is 0.0479. The topological polar surface area (TPSA) is 95.3 Å². The predicted octanol–water partition coefficient (Wildman–Crippen LogP) is 3.62. The van der Waals surface area contributed by atoms with Crippen LogP contribution >= 0.6 is 0 Å². The quantitative estimate of drug-likeness (QED) is 0.448. The number of hydrogen-bond acceptors (Lipinski definition) is 5. The number of nitrogens with one attached hydrogen (secondary N) is 1. The highest BCUT2D eigenvalue weighted by Gasteiger charge is 2.41. The number of benzene rings is 1. The van der Waals surface area contributed by atoms with Crippen molar-refractivity contribution in [2.75, 3.05) is 0 Å². The number of ketones is 1. The molecule has 0 bridgehead atoms. The van der Waals surface area contributed by atoms with Crippen LogP contribution in [0.2, 0.25) is 0 Å². The third-order valence-corrected chi connectivity index (χ3v) is 5.55. The van der Waals surface area contributed by atoms with Gasteiger partial charge >= 0.3 is 0 Å². The van der Waals surface area contributed by atoms with Crippen LogP contribution in [0.15, 0.2) is 18.2 Å². The SMILES string of the molecule is CC(C)C(=O)C[C@](C)(N[S@+]([O-])C(C)(C)C)c1cc([N+](=O)[O-])ccc1F. The van der Waals surface area contributed by atoms with Crippen molar-refractivity contribution < 1.29 is 18.7 Å². The number of halogens is 1. The van der Waals surface area contributed by atoms with Crippen molar-refractivity contribution in [2.45, 2.75) is 58.2 Å². The average molecular weight is 372 g/mol. The van der Waals surface area contributed by atoms with Crippen LogP contribution in [-0.4, -0.2) is 20.0 Å². The highest BCUT2D eigenvalue weighted by molar-refractivity contribution is 7.90. The number of nitro groups is 1. The molecule has 0 aliphatic carbocycles. The van der Waals surface area contributed by atoms with Gasteiger partial charge in [0.25, 0.3) is 5.69 Å². The van der Waals surface area contributed by atoms with Gasteiger partial charge in [-0.2, -0.15) is 0 Å². The molecule has 0 aliphatic heterocycles. The maximum atomic E-state index is 14.5. The van der Waals surface area contributed by atoms with Gasteiger partial charge in [-0.15, -0.1) is 4.72 Å². The van der Waals surface area contributed by atoms with Crippen LogP contribution in [0.3, 0.4) is 0 Å². The van der Waals surface area contributed by atoms with E-state index in [4.69, 9.17) is 0 Å². The molecule has 2 atom stereocenters. The van der Waals surface area contributed by atoms with Crippen LogP contribution in [0.5, 0.6) is 0 Å². The van der Waals surface area contributed by atoms with Crippen LogP contribution in [0.25, 0.3) is 0 Å². The smallest absolute Gasteiger partial charge is 0.269 e. The van der Waals surface area contributed by atoms with Gasteiger partial charge in [-0.05, 0) is 33.8 Å². The standard InChI is InChI=1S/C17H25FN2O4S/c1-11(2)15(21)10-17(6,19-25(24)16(3,4)5)13-9-12(20(22)23)7-8-14(13)18/h7-9,11,19H,10H2,1-6H3/t17-,25+/m0/s1. The van der Waals surface area contributed by atoms with Crippen molar-refractivity contribution in [1.29, 1.82) is 0 Å². The Morgan fingerprint density at radius 3 is 2.32 bits per heavy atom. The lowest BCUT2D eigenvalue weighted by molar-refractivity contribution is -0.385. The second kappa shape index (κ2) is 7.80. The molecule has 0 aliphatic rings. The molecule has 0 unspecified atom stereocenters. The normalized spacial score (nSPS) is 15.7. The van der Waals surface area contributed by atoms with Gasteiger partial charge in [0.15, 0.2) is 0 Å². The lowest BCUT2D eigenvalue weighted by Crippen LogP contribution is -2.51. The minimum atomic E-state index is -1.60. The van der Waals surface area contributed by atoms with Gasteiger partial charge in [0.1, 0.15) is 16.3 Å². The second-order valence-electron chi connectivity index (χ2n) is 7.53. The Labute approximate surface area is 150 Å². The molecule has 0 heterocycles. The first-order chi connectivity index (χ1) is 11.3. The van der Waals surface area contributed by atoms with Crippen LogP contribution in [0, 0.1) is 21.8 Å². The first-order valence-electron chi connectivity index (χ1n) is 7.95. The van der Waals surface area contributed by atoms with E-state index in [1.54, 1.807) is 41.5 Å². The molecule has 0 spiro atoms. The molecule has 8 heteroatoms. The number of Topliss-reactive ketones (excluding diaryl/α,β-unsaturated/α-hetero) is 1. The van der Waals surface area contributed by atoms with Crippen molar-refractivity contribution >= 4 is 22.8 Å². The van der Waals surface area contributed by atoms with E-state index in [2.05, 4.69) is 4.72 Å². The number of non-ortho nitro benzene ring substituents is 1. The van der Waals surface area contributed by atoms with Crippen molar-refractivity contribution in [3.8, 4) is 0 Å². The minimum Gasteiger partial charge on any atom is -0.598 e. The fraction of sp³-hybridized carbons (Fsp3) is 0.588. The number of carbonyl (C=O) groups is 1. The number of carbonyl (C=O) groups excluding carboxylic acids is 1. The van der Waals surface area contributed by atoms with E-state index in [1.807, 2.05) is 0 Å². The lowest BCUT2D eigenvalue weighted by atomic mass is 9.85. The van der Waals surface area contributed by atoms with Gasteiger partial charge in [-0.25, -0.2) is 4.39 Å². The van der Waals surface area contributed by atoms with E-state index in [0.29, 0.717) is 0 Å². The molecule has 1 rings (SSSR count). The van der Waals surface area contributed by atoms with Crippen molar-refractivity contribution in [1.82, 2.24) is 4.72 Å². The molecule has 1 aromatic carbocycles. The number of hydrogen-bond donors (Lipinski definition) is 1. The summed E-state index contributed by atoms with van der Waals surface area (Å²) in [6.07, 6.45) is -0.134. The molecule has 25 heavy (non-hydrogen) atoms. The molecule has 6 nitrogen and oxygen atoms in total. The third-order valence-electron chi connectivity index (χ3n) is 3.80. The van der Waals surface area contributed by atoms with Gasteiger partial charge in [0.2, 0.25) is 0 Å². The van der Waals surface area contributed by atoms with Gasteiger partial charge in [-0.3, -0.25) is 14.9 Å². The Bertz CT molecular complexity index is 661. The molecular weight excluding hydrogens is 347 g/mol. The molecule has 1 aromatic rings. The Kier molecular flexibility index (Phi) is 6.72. The number of nitrogens with zero attached hydrogens (tertiary/aromatic N) is 1. The molecule has 0 fully saturated rings. The van der Waals surface area contributed by atoms with Crippen molar-refractivity contribution in [2.24, 2.45) is 5.92 Å². The summed E-state index contributed by atoms with van der Waals surface area (Å²) in [6.45, 7) is 10.2. The second-order valence-corrected chi connectivity index (χ2v) is 9.50. The van der Waals surface area contributed by atoms with Gasteiger partial charge in [0.05, 0.1) is 10.5 Å². The summed E-state index contributed by atoms with van der Waals surface area (Å²) in [6, 6.07) is 3.15. The van der Waals surface area contributed by atoms with E-state index in [1.165, 1.54) is 0 Å². The monoisotopic (exact) mass is 372 g/mol. The first-order valence-corrected chi connectivity index (χ1v) is 9.10. The molecule has 140 valence electrons. The first kappa shape index (κ1) is 21.5. The molecule has 0 amide bonds. The van der Waals surface area contributed by atoms with E-state index in [-0.39, 0.29) is 29.4 Å². The van der Waals surface area contributed by atoms with Crippen molar-refractivity contribution in [3.63, 3.8) is 0 Å². The molecule has 0 saturated heterocycles. The zero-order chi connectivity index (χ0) is 19.6. The zero-order valence-electron chi connectivity index (χ0n) is 15.4. The number of nitro benzene ring substituents is 1. The largest absolute Gasteiger partial charge is 0.598 e. The Morgan fingerprint density at radius 1 is 1.32 bits per heavy atom. The summed E-state index contributed by atoms with van der Waals surface area (Å²) >= 11 is -1.60. The van der Waals surface area contributed by atoms with Gasteiger partial charge in [0, 0.05) is 41.4 Å². The van der Waals surface area contributed by atoms with Gasteiger partial charge < -0.3 is 4.55 Å². The highest BCUT2D eigenvalue weighted by atomic mass is 32.2. The van der Waals surface area contributed by atoms with E-state index < -0.39 is 32.4 Å². The lowest BCUT2D eigenvalue weighted by Gasteiger charge is -2.35. The molecule has 0 saturated carbocycles. The van der Waals surface area contributed by atoms with Crippen molar-refractivity contribution in [3.05, 3.63) is 39.7 Å². The summed E-state index contributed by atoms with van der Waals surface area (Å²) in [5.41, 5.74) is -1.67. The Hall–Kier alpha value is -1.51. The predicted molar refractivity (Wildman–Crippen MR) is 95.9 cm³/mol. The van der Waals surface area contributed by atoms with E-state index in [9.17, 15) is 23.9 Å². The summed E-state index contributed by atoms with van der Waals surface area (Å²) < 4.78 is 29.2. The molecular formula is C17H25FN2O4S. The molecule has 1 N–H and O–H groups in total. The van der Waals surface area contributed by atoms with Crippen LogP contribution in [0.4, 0.5) is 10.1 Å². The maximum Gasteiger partial charge on any atom is 0.269 e. The van der Waals surface area contributed by atoms with Crippen LogP contribution < -0.4 is 4.72 Å². The van der Waals surface area contributed by atoms with E-state index in [0.717, 1.165) is 18.2 Å².